The van der Waals surface area contributed by atoms with Gasteiger partial charge in [-0.25, -0.2) is 0 Å². The van der Waals surface area contributed by atoms with Crippen molar-refractivity contribution in [2.24, 2.45) is 0 Å². The maximum absolute atomic E-state index is 10.9. The Balaban J connectivity index is 3.20. The quantitative estimate of drug-likeness (QED) is 0.754. The molecule has 1 aromatic rings. The molecule has 0 spiro atoms. The molecule has 0 aromatic heterocycles. The highest BCUT2D eigenvalue weighted by atomic mass is 32.2. The van der Waals surface area contributed by atoms with Gasteiger partial charge >= 0.3 is 0 Å². The molecule has 13 heavy (non-hydrogen) atoms. The van der Waals surface area contributed by atoms with Crippen LogP contribution in [-0.4, -0.2) is 13.0 Å². The molecule has 0 saturated carbocycles. The van der Waals surface area contributed by atoms with Crippen molar-refractivity contribution in [1.82, 2.24) is 0 Å². The van der Waals surface area contributed by atoms with Crippen LogP contribution in [0.3, 0.4) is 0 Å². The van der Waals surface area contributed by atoms with Gasteiger partial charge in [-0.15, -0.1) is 0 Å². The molecule has 1 radical (unpaired) electrons. The highest BCUT2D eigenvalue weighted by Gasteiger charge is 2.13. The first-order valence-electron chi connectivity index (χ1n) is 3.89. The second-order valence-electron chi connectivity index (χ2n) is 2.70. The minimum atomic E-state index is -4.08. The molecule has 0 aliphatic carbocycles. The van der Waals surface area contributed by atoms with E-state index in [4.69, 9.17) is 4.55 Å². The van der Waals surface area contributed by atoms with E-state index in [1.807, 2.05) is 13.3 Å². The summed E-state index contributed by atoms with van der Waals surface area (Å²) in [6, 6.07) is 6.41. The lowest BCUT2D eigenvalue weighted by Gasteiger charge is -2.04. The van der Waals surface area contributed by atoms with Gasteiger partial charge in [0.25, 0.3) is 10.1 Å². The van der Waals surface area contributed by atoms with Gasteiger partial charge < -0.3 is 0 Å². The minimum Gasteiger partial charge on any atom is -0.282 e. The smallest absolute Gasteiger partial charge is 0.282 e. The first-order chi connectivity index (χ1) is 6.05. The Kier molecular flexibility index (Phi) is 3.06. The van der Waals surface area contributed by atoms with E-state index < -0.39 is 10.1 Å². The topological polar surface area (TPSA) is 54.4 Å². The summed E-state index contributed by atoms with van der Waals surface area (Å²) in [5.74, 6) is 0. The van der Waals surface area contributed by atoms with Crippen molar-refractivity contribution in [2.75, 3.05) is 0 Å². The summed E-state index contributed by atoms with van der Waals surface area (Å²) < 4.78 is 30.6. The third-order valence-corrected chi connectivity index (χ3v) is 2.63. The summed E-state index contributed by atoms with van der Waals surface area (Å²) in [4.78, 5) is -0.00639. The van der Waals surface area contributed by atoms with E-state index in [9.17, 15) is 8.42 Å². The Hall–Kier alpha value is -0.870. The van der Waals surface area contributed by atoms with Crippen molar-refractivity contribution in [2.45, 2.75) is 18.2 Å². The normalized spacial score (nSPS) is 11.5. The molecule has 0 atom stereocenters. The first kappa shape index (κ1) is 10.2. The summed E-state index contributed by atoms with van der Waals surface area (Å²) in [5, 5.41) is 0. The molecular weight excluding hydrogens is 188 g/mol. The third kappa shape index (κ3) is 2.54. The van der Waals surface area contributed by atoms with Crippen LogP contribution < -0.4 is 0 Å². The summed E-state index contributed by atoms with van der Waals surface area (Å²) in [5.41, 5.74) is 0.618. The van der Waals surface area contributed by atoms with Crippen LogP contribution in [0.25, 0.3) is 0 Å². The lowest BCUT2D eigenvalue weighted by Crippen LogP contribution is -2.02. The lowest BCUT2D eigenvalue weighted by molar-refractivity contribution is 0.482. The van der Waals surface area contributed by atoms with Gasteiger partial charge in [-0.1, -0.05) is 25.1 Å². The van der Waals surface area contributed by atoms with E-state index in [2.05, 4.69) is 0 Å². The van der Waals surface area contributed by atoms with Gasteiger partial charge in [-0.2, -0.15) is 8.42 Å². The van der Waals surface area contributed by atoms with Crippen molar-refractivity contribution in [3.63, 3.8) is 0 Å². The Morgan fingerprint density at radius 2 is 2.00 bits per heavy atom. The maximum Gasteiger partial charge on any atom is 0.294 e. The number of benzene rings is 1. The molecule has 0 fully saturated rings. The summed E-state index contributed by atoms with van der Waals surface area (Å²) in [6.07, 6.45) is 2.37. The van der Waals surface area contributed by atoms with Gasteiger partial charge in [-0.05, 0) is 24.5 Å². The average molecular weight is 199 g/mol. The maximum atomic E-state index is 10.9. The minimum absolute atomic E-state index is 0.00639. The molecule has 0 aliphatic heterocycles. The number of rotatable bonds is 3. The second kappa shape index (κ2) is 3.89. The number of hydrogen-bond donors (Lipinski definition) is 1. The Bertz CT molecular complexity index is 382. The van der Waals surface area contributed by atoms with Crippen molar-refractivity contribution in [3.8, 4) is 0 Å². The van der Waals surface area contributed by atoms with Gasteiger partial charge in [0, 0.05) is 0 Å². The van der Waals surface area contributed by atoms with Crippen LogP contribution >= 0.6 is 0 Å². The first-order valence-corrected chi connectivity index (χ1v) is 5.33. The predicted octanol–water partition coefficient (Wildman–Crippen LogP) is 1.70. The van der Waals surface area contributed by atoms with E-state index in [0.29, 0.717) is 12.0 Å². The average Bonchev–Trinajstić information content (AvgIpc) is 2.04. The van der Waals surface area contributed by atoms with Crippen LogP contribution in [0.4, 0.5) is 0 Å². The zero-order chi connectivity index (χ0) is 9.90. The number of hydrogen-bond acceptors (Lipinski definition) is 2. The molecule has 1 N–H and O–H groups in total. The molecule has 3 nitrogen and oxygen atoms in total. The van der Waals surface area contributed by atoms with Crippen LogP contribution in [0.15, 0.2) is 29.2 Å². The Morgan fingerprint density at radius 3 is 2.54 bits per heavy atom. The molecule has 71 valence electrons. The molecule has 0 bridgehead atoms. The van der Waals surface area contributed by atoms with Crippen LogP contribution in [0.2, 0.25) is 0 Å². The van der Waals surface area contributed by atoms with Gasteiger partial charge in [0.15, 0.2) is 0 Å². The molecular formula is C9H11O3S. The predicted molar refractivity (Wildman–Crippen MR) is 49.9 cm³/mol. The zero-order valence-corrected chi connectivity index (χ0v) is 8.08. The third-order valence-electron chi connectivity index (χ3n) is 1.67. The fraction of sp³-hybridized carbons (Fsp3) is 0.222. The van der Waals surface area contributed by atoms with Gasteiger partial charge in [0.05, 0.1) is 4.90 Å². The summed E-state index contributed by atoms with van der Waals surface area (Å²) in [7, 11) is -4.08. The fourth-order valence-corrected chi connectivity index (χ4v) is 1.88. The van der Waals surface area contributed by atoms with E-state index in [1.54, 1.807) is 18.2 Å². The Labute approximate surface area is 78.2 Å². The fourth-order valence-electron chi connectivity index (χ4n) is 1.14. The molecule has 0 unspecified atom stereocenters. The van der Waals surface area contributed by atoms with E-state index in [-0.39, 0.29) is 4.90 Å². The van der Waals surface area contributed by atoms with Crippen molar-refractivity contribution < 1.29 is 13.0 Å². The van der Waals surface area contributed by atoms with Crippen molar-refractivity contribution >= 4 is 10.1 Å². The standard InChI is InChI=1S/C9H11O3S/c1-2-5-8-6-3-4-7-9(8)13(10,11)12/h2-4,6-7H,5H2,1H3,(H,10,11,12). The largest absolute Gasteiger partial charge is 0.294 e. The molecule has 0 saturated heterocycles. The lowest BCUT2D eigenvalue weighted by atomic mass is 10.1. The van der Waals surface area contributed by atoms with Crippen molar-refractivity contribution in [1.29, 1.82) is 0 Å². The second-order valence-corrected chi connectivity index (χ2v) is 4.09. The van der Waals surface area contributed by atoms with Crippen LogP contribution in [-0.2, 0) is 16.5 Å². The molecule has 0 amide bonds. The SMILES string of the molecule is C[CH]Cc1ccccc1S(=O)(=O)O. The van der Waals surface area contributed by atoms with Crippen LogP contribution in [0.1, 0.15) is 12.5 Å². The van der Waals surface area contributed by atoms with Gasteiger partial charge in [-0.3, -0.25) is 4.55 Å². The van der Waals surface area contributed by atoms with E-state index in [1.165, 1.54) is 6.07 Å². The summed E-state index contributed by atoms with van der Waals surface area (Å²) in [6.45, 7) is 1.83. The highest BCUT2D eigenvalue weighted by Crippen LogP contribution is 2.15. The van der Waals surface area contributed by atoms with Crippen molar-refractivity contribution in [3.05, 3.63) is 36.2 Å². The van der Waals surface area contributed by atoms with Gasteiger partial charge in [0.1, 0.15) is 0 Å². The highest BCUT2D eigenvalue weighted by molar-refractivity contribution is 7.85. The van der Waals surface area contributed by atoms with Crippen LogP contribution in [0, 0.1) is 6.42 Å². The monoisotopic (exact) mass is 199 g/mol. The van der Waals surface area contributed by atoms with Crippen LogP contribution in [0.5, 0.6) is 0 Å². The molecule has 1 rings (SSSR count). The molecule has 4 heteroatoms. The molecule has 1 aromatic carbocycles. The van der Waals surface area contributed by atoms with E-state index >= 15 is 0 Å². The van der Waals surface area contributed by atoms with E-state index in [0.717, 1.165) is 0 Å². The Morgan fingerprint density at radius 1 is 1.38 bits per heavy atom. The molecule has 0 aliphatic rings. The molecule has 0 heterocycles. The zero-order valence-electron chi connectivity index (χ0n) is 7.27. The van der Waals surface area contributed by atoms with Gasteiger partial charge in [0.2, 0.25) is 0 Å². The summed E-state index contributed by atoms with van der Waals surface area (Å²) >= 11 is 0.